The van der Waals surface area contributed by atoms with E-state index in [-0.39, 0.29) is 6.03 Å². The molecule has 0 bridgehead atoms. The molecule has 2 N–H and O–H groups in total. The zero-order valence-electron chi connectivity index (χ0n) is 10.9. The molecule has 1 aliphatic rings. The molecule has 2 aromatic rings. The van der Waals surface area contributed by atoms with Gasteiger partial charge in [0, 0.05) is 44.0 Å². The number of anilines is 1. The summed E-state index contributed by atoms with van der Waals surface area (Å²) in [4.78, 5) is 15.6. The maximum atomic E-state index is 12.2. The van der Waals surface area contributed by atoms with E-state index in [4.69, 9.17) is 0 Å². The number of nitrogens with zero attached hydrogens (tertiary/aromatic N) is 3. The van der Waals surface area contributed by atoms with Crippen LogP contribution >= 0.6 is 0 Å². The van der Waals surface area contributed by atoms with E-state index in [1.165, 1.54) is 20.3 Å². The van der Waals surface area contributed by atoms with Crippen molar-refractivity contribution in [3.8, 4) is 0 Å². The molecule has 0 unspecified atom stereocenters. The van der Waals surface area contributed by atoms with Crippen LogP contribution in [0.15, 0.2) is 18.5 Å². The molecule has 0 aromatic carbocycles. The Morgan fingerprint density at radius 2 is 2.15 bits per heavy atom. The molecule has 2 amide bonds. The van der Waals surface area contributed by atoms with Crippen molar-refractivity contribution < 1.29 is 13.2 Å². The largest absolute Gasteiger partial charge is 0.334 e. The molecule has 8 nitrogen and oxygen atoms in total. The summed E-state index contributed by atoms with van der Waals surface area (Å²) in [5, 5.41) is 5.92. The van der Waals surface area contributed by atoms with E-state index < -0.39 is 10.2 Å². The van der Waals surface area contributed by atoms with Gasteiger partial charge >= 0.3 is 16.2 Å². The van der Waals surface area contributed by atoms with E-state index in [0.29, 0.717) is 23.3 Å². The first-order valence-corrected chi connectivity index (χ1v) is 7.28. The molecule has 9 heteroatoms. The van der Waals surface area contributed by atoms with Crippen LogP contribution in [-0.2, 0) is 16.8 Å². The van der Waals surface area contributed by atoms with Gasteiger partial charge in [0.1, 0.15) is 0 Å². The molecule has 0 spiro atoms. The van der Waals surface area contributed by atoms with Gasteiger partial charge in [-0.2, -0.15) is 12.7 Å². The number of hydrogen-bond acceptors (Lipinski definition) is 4. The van der Waals surface area contributed by atoms with E-state index >= 15 is 0 Å². The van der Waals surface area contributed by atoms with Gasteiger partial charge in [-0.1, -0.05) is 0 Å². The van der Waals surface area contributed by atoms with Crippen LogP contribution in [0.3, 0.4) is 0 Å². The Morgan fingerprint density at radius 1 is 1.40 bits per heavy atom. The zero-order valence-corrected chi connectivity index (χ0v) is 11.7. The summed E-state index contributed by atoms with van der Waals surface area (Å²) in [6.07, 6.45) is 2.99. The molecular formula is C11H13N5O3S. The highest BCUT2D eigenvalue weighted by Gasteiger charge is 2.23. The van der Waals surface area contributed by atoms with Crippen LogP contribution in [0.2, 0.25) is 0 Å². The number of nitrogens with one attached hydrogen (secondary N) is 2. The monoisotopic (exact) mass is 295 g/mol. The van der Waals surface area contributed by atoms with Crippen LogP contribution in [0.4, 0.5) is 10.5 Å². The van der Waals surface area contributed by atoms with E-state index in [1.807, 2.05) is 0 Å². The summed E-state index contributed by atoms with van der Waals surface area (Å²) in [6, 6.07) is 1.32. The number of rotatable bonds is 2. The van der Waals surface area contributed by atoms with Gasteiger partial charge in [0.05, 0.1) is 5.69 Å². The number of aromatic nitrogens is 2. The van der Waals surface area contributed by atoms with Crippen LogP contribution in [0.1, 0.15) is 5.56 Å². The van der Waals surface area contributed by atoms with Crippen molar-refractivity contribution in [3.05, 3.63) is 24.0 Å². The normalized spacial score (nSPS) is 15.1. The zero-order chi connectivity index (χ0) is 14.5. The van der Waals surface area contributed by atoms with Crippen molar-refractivity contribution in [1.82, 2.24) is 18.6 Å². The predicted molar refractivity (Wildman–Crippen MR) is 73.6 cm³/mol. The van der Waals surface area contributed by atoms with Gasteiger partial charge in [0.2, 0.25) is 0 Å². The Kier molecular flexibility index (Phi) is 2.69. The van der Waals surface area contributed by atoms with Crippen LogP contribution in [0.25, 0.3) is 11.0 Å². The third kappa shape index (κ3) is 1.74. The Labute approximate surface area is 115 Å². The maximum Gasteiger partial charge on any atom is 0.319 e. The lowest BCUT2D eigenvalue weighted by Gasteiger charge is -2.19. The molecular weight excluding hydrogens is 282 g/mol. The lowest BCUT2D eigenvalue weighted by atomic mass is 10.1. The highest BCUT2D eigenvalue weighted by molar-refractivity contribution is 7.87. The fourth-order valence-electron chi connectivity index (χ4n) is 2.08. The number of carbonyl (C=O) groups excluding carboxylic acids is 1. The topological polar surface area (TPSA) is 96.3 Å². The minimum absolute atomic E-state index is 0.291. The fraction of sp³-hybridized carbons (Fsp3) is 0.273. The summed E-state index contributed by atoms with van der Waals surface area (Å²) in [5.74, 6) is 0. The third-order valence-electron chi connectivity index (χ3n) is 3.15. The molecule has 0 fully saturated rings. The molecule has 0 aliphatic carbocycles. The standard InChI is InChI=1S/C11H13N5O3S/c1-15(2)20(18,19)16-4-3-8-9-7(5-12-10(8)16)6-13-11(17)14-9/h3-5H,6H2,1-2H3,(H2,13,14,17). The third-order valence-corrected chi connectivity index (χ3v) is 4.86. The molecule has 2 aromatic heterocycles. The number of fused-ring (bicyclic) bond motifs is 3. The molecule has 0 radical (unpaired) electrons. The number of pyridine rings is 1. The Hall–Kier alpha value is -2.13. The molecule has 0 saturated heterocycles. The average Bonchev–Trinajstić information content (AvgIpc) is 2.83. The molecule has 0 saturated carbocycles. The number of urea groups is 1. The SMILES string of the molecule is CN(C)S(=O)(=O)n1ccc2c3c(cnc21)CNC(=O)N3. The van der Waals surface area contributed by atoms with Crippen molar-refractivity contribution >= 4 is 33.0 Å². The quantitative estimate of drug-likeness (QED) is 0.834. The van der Waals surface area contributed by atoms with Gasteiger partial charge in [-0.15, -0.1) is 0 Å². The first-order chi connectivity index (χ1) is 9.41. The van der Waals surface area contributed by atoms with Gasteiger partial charge < -0.3 is 10.6 Å². The van der Waals surface area contributed by atoms with Crippen molar-refractivity contribution in [2.45, 2.75) is 6.54 Å². The van der Waals surface area contributed by atoms with Crippen LogP contribution in [-0.4, -0.2) is 41.8 Å². The van der Waals surface area contributed by atoms with E-state index in [1.54, 1.807) is 12.3 Å². The summed E-state index contributed by atoms with van der Waals surface area (Å²) >= 11 is 0. The lowest BCUT2D eigenvalue weighted by Crippen LogP contribution is -2.33. The molecule has 106 valence electrons. The molecule has 20 heavy (non-hydrogen) atoms. The highest BCUT2D eigenvalue weighted by atomic mass is 32.2. The summed E-state index contributed by atoms with van der Waals surface area (Å²) in [7, 11) is -0.742. The Bertz CT molecular complexity index is 809. The van der Waals surface area contributed by atoms with Gasteiger partial charge in [-0.3, -0.25) is 0 Å². The first-order valence-electron chi connectivity index (χ1n) is 5.88. The van der Waals surface area contributed by atoms with Gasteiger partial charge in [-0.25, -0.2) is 13.8 Å². The number of carbonyl (C=O) groups is 1. The minimum Gasteiger partial charge on any atom is -0.334 e. The summed E-state index contributed by atoms with van der Waals surface area (Å²) < 4.78 is 26.6. The Morgan fingerprint density at radius 3 is 2.85 bits per heavy atom. The van der Waals surface area contributed by atoms with Crippen molar-refractivity contribution in [3.63, 3.8) is 0 Å². The fourth-order valence-corrected chi connectivity index (χ4v) is 3.01. The summed E-state index contributed by atoms with van der Waals surface area (Å²) in [6.45, 7) is 0.371. The second-order valence-electron chi connectivity index (χ2n) is 4.61. The smallest absolute Gasteiger partial charge is 0.319 e. The molecule has 0 atom stereocenters. The minimum atomic E-state index is -3.64. The number of amides is 2. The van der Waals surface area contributed by atoms with Gasteiger partial charge in [-0.05, 0) is 6.07 Å². The lowest BCUT2D eigenvalue weighted by molar-refractivity contribution is 0.251. The maximum absolute atomic E-state index is 12.2. The predicted octanol–water partition coefficient (Wildman–Crippen LogP) is 0.326. The van der Waals surface area contributed by atoms with Crippen molar-refractivity contribution in [2.75, 3.05) is 19.4 Å². The second-order valence-corrected chi connectivity index (χ2v) is 6.62. The molecule has 3 heterocycles. The van der Waals surface area contributed by atoms with Crippen molar-refractivity contribution in [2.24, 2.45) is 0 Å². The van der Waals surface area contributed by atoms with Gasteiger partial charge in [0.15, 0.2) is 5.65 Å². The number of hydrogen-bond donors (Lipinski definition) is 2. The van der Waals surface area contributed by atoms with Crippen LogP contribution in [0.5, 0.6) is 0 Å². The Balaban J connectivity index is 2.26. The second kappa shape index (κ2) is 4.18. The van der Waals surface area contributed by atoms with E-state index in [0.717, 1.165) is 13.8 Å². The highest BCUT2D eigenvalue weighted by Crippen LogP contribution is 2.29. The van der Waals surface area contributed by atoms with Gasteiger partial charge in [0.25, 0.3) is 0 Å². The van der Waals surface area contributed by atoms with Crippen LogP contribution in [0, 0.1) is 0 Å². The van der Waals surface area contributed by atoms with E-state index in [9.17, 15) is 13.2 Å². The first kappa shape index (κ1) is 12.9. The molecule has 1 aliphatic heterocycles. The summed E-state index contributed by atoms with van der Waals surface area (Å²) in [5.41, 5.74) is 1.71. The molecule has 3 rings (SSSR count). The van der Waals surface area contributed by atoms with Crippen LogP contribution < -0.4 is 10.6 Å². The van der Waals surface area contributed by atoms with Crippen molar-refractivity contribution in [1.29, 1.82) is 0 Å². The average molecular weight is 295 g/mol. The van der Waals surface area contributed by atoms with E-state index in [2.05, 4.69) is 15.6 Å².